The van der Waals surface area contributed by atoms with Crippen LogP contribution in [0.5, 0.6) is 0 Å². The van der Waals surface area contributed by atoms with Crippen molar-refractivity contribution in [3.05, 3.63) is 60.2 Å². The van der Waals surface area contributed by atoms with Crippen molar-refractivity contribution >= 4 is 10.8 Å². The molecule has 0 amide bonds. The average Bonchev–Trinajstić information content (AvgIpc) is 2.65. The number of allylic oxidation sites excluding steroid dienone is 2. The Kier molecular flexibility index (Phi) is 10.1. The molecule has 2 aromatic carbocycles. The summed E-state index contributed by atoms with van der Waals surface area (Å²) < 4.78 is 0. The minimum atomic E-state index is 1.18. The van der Waals surface area contributed by atoms with Crippen molar-refractivity contribution in [3.8, 4) is 0 Å². The summed E-state index contributed by atoms with van der Waals surface area (Å²) in [4.78, 5) is 0. The lowest BCUT2D eigenvalue weighted by Gasteiger charge is -2.06. The van der Waals surface area contributed by atoms with Gasteiger partial charge in [0.15, 0.2) is 0 Å². The van der Waals surface area contributed by atoms with E-state index in [0.29, 0.717) is 0 Å². The van der Waals surface area contributed by atoms with E-state index in [-0.39, 0.29) is 0 Å². The Morgan fingerprint density at radius 2 is 1.28 bits per heavy atom. The quantitative estimate of drug-likeness (QED) is 0.255. The van der Waals surface area contributed by atoms with Gasteiger partial charge in [-0.1, -0.05) is 106 Å². The van der Waals surface area contributed by atoms with Crippen molar-refractivity contribution in [2.75, 3.05) is 0 Å². The molecule has 0 fully saturated rings. The fourth-order valence-corrected chi connectivity index (χ4v) is 3.61. The van der Waals surface area contributed by atoms with Crippen LogP contribution in [0.2, 0.25) is 0 Å². The van der Waals surface area contributed by atoms with Gasteiger partial charge in [0.1, 0.15) is 0 Å². The van der Waals surface area contributed by atoms with Gasteiger partial charge in [0, 0.05) is 0 Å². The molecule has 0 aliphatic heterocycles. The van der Waals surface area contributed by atoms with Gasteiger partial charge in [-0.2, -0.15) is 0 Å². The van der Waals surface area contributed by atoms with Crippen molar-refractivity contribution in [2.24, 2.45) is 0 Å². The van der Waals surface area contributed by atoms with E-state index in [0.717, 1.165) is 0 Å². The topological polar surface area (TPSA) is 0 Å². The summed E-state index contributed by atoms with van der Waals surface area (Å²) in [5, 5.41) is 2.82. The maximum atomic E-state index is 2.34. The zero-order valence-electron chi connectivity index (χ0n) is 16.2. The predicted molar refractivity (Wildman–Crippen MR) is 113 cm³/mol. The molecule has 0 aromatic heterocycles. The van der Waals surface area contributed by atoms with Crippen LogP contribution in [-0.2, 0) is 6.42 Å². The Balaban J connectivity index is 1.48. The van der Waals surface area contributed by atoms with E-state index in [1.165, 1.54) is 93.4 Å². The van der Waals surface area contributed by atoms with Crippen LogP contribution < -0.4 is 0 Å². The minimum Gasteiger partial charge on any atom is -0.0888 e. The molecule has 0 aliphatic rings. The zero-order chi connectivity index (χ0) is 17.6. The first kappa shape index (κ1) is 19.8. The summed E-state index contributed by atoms with van der Waals surface area (Å²) in [7, 11) is 0. The molecule has 2 rings (SSSR count). The van der Waals surface area contributed by atoms with Crippen molar-refractivity contribution in [2.45, 2.75) is 84.0 Å². The van der Waals surface area contributed by atoms with Gasteiger partial charge in [-0.05, 0) is 48.4 Å². The lowest BCUT2D eigenvalue weighted by atomic mass is 9.99. The van der Waals surface area contributed by atoms with E-state index in [9.17, 15) is 0 Å². The number of hydrogen-bond acceptors (Lipinski definition) is 0. The van der Waals surface area contributed by atoms with Gasteiger partial charge in [0.05, 0.1) is 0 Å². The van der Waals surface area contributed by atoms with Crippen LogP contribution in [0.1, 0.15) is 83.1 Å². The summed E-state index contributed by atoms with van der Waals surface area (Å²) in [5.41, 5.74) is 1.52. The van der Waals surface area contributed by atoms with Crippen LogP contribution in [0.25, 0.3) is 10.8 Å². The number of aryl methyl sites for hydroxylation is 1. The van der Waals surface area contributed by atoms with Crippen LogP contribution in [0, 0.1) is 0 Å². The van der Waals surface area contributed by atoms with E-state index < -0.39 is 0 Å². The SMILES string of the molecule is CC/C=C/CCCCCCCCCCCc1cccc2ccccc12. The molecule has 0 saturated carbocycles. The third kappa shape index (κ3) is 7.90. The predicted octanol–water partition coefficient (Wildman–Crippen LogP) is 8.25. The highest BCUT2D eigenvalue weighted by Gasteiger charge is 2.00. The Labute approximate surface area is 155 Å². The molecule has 0 nitrogen and oxygen atoms in total. The number of unbranched alkanes of at least 4 members (excludes halogenated alkanes) is 9. The Morgan fingerprint density at radius 3 is 2.04 bits per heavy atom. The largest absolute Gasteiger partial charge is 0.0888 e. The summed E-state index contributed by atoms with van der Waals surface area (Å²) in [6.07, 6.45) is 20.9. The van der Waals surface area contributed by atoms with Crippen LogP contribution in [0.15, 0.2) is 54.6 Å². The second kappa shape index (κ2) is 12.8. The lowest BCUT2D eigenvalue weighted by molar-refractivity contribution is 0.560. The smallest absolute Gasteiger partial charge is 0.0152 e. The number of fused-ring (bicyclic) bond motifs is 1. The zero-order valence-corrected chi connectivity index (χ0v) is 16.2. The molecule has 136 valence electrons. The molecule has 2 aromatic rings. The Hall–Kier alpha value is -1.56. The van der Waals surface area contributed by atoms with Crippen molar-refractivity contribution in [1.29, 1.82) is 0 Å². The normalized spacial score (nSPS) is 11.6. The summed E-state index contributed by atoms with van der Waals surface area (Å²) >= 11 is 0. The average molecular weight is 337 g/mol. The molecule has 0 bridgehead atoms. The number of rotatable bonds is 13. The third-order valence-corrected chi connectivity index (χ3v) is 5.10. The molecule has 0 N–H and O–H groups in total. The van der Waals surface area contributed by atoms with Crippen molar-refractivity contribution in [3.63, 3.8) is 0 Å². The number of hydrogen-bond donors (Lipinski definition) is 0. The van der Waals surface area contributed by atoms with Crippen LogP contribution in [0.4, 0.5) is 0 Å². The molecule has 0 aliphatic carbocycles. The molecular formula is C25H36. The first-order valence-electron chi connectivity index (χ1n) is 10.5. The molecular weight excluding hydrogens is 300 g/mol. The van der Waals surface area contributed by atoms with E-state index in [4.69, 9.17) is 0 Å². The second-order valence-corrected chi connectivity index (χ2v) is 7.24. The molecule has 0 heterocycles. The monoisotopic (exact) mass is 336 g/mol. The second-order valence-electron chi connectivity index (χ2n) is 7.24. The van der Waals surface area contributed by atoms with E-state index in [1.807, 2.05) is 0 Å². The van der Waals surface area contributed by atoms with Crippen molar-refractivity contribution < 1.29 is 0 Å². The molecule has 0 atom stereocenters. The fourth-order valence-electron chi connectivity index (χ4n) is 3.61. The van der Waals surface area contributed by atoms with Crippen molar-refractivity contribution in [1.82, 2.24) is 0 Å². The van der Waals surface area contributed by atoms with Gasteiger partial charge in [-0.3, -0.25) is 0 Å². The van der Waals surface area contributed by atoms with Gasteiger partial charge in [-0.25, -0.2) is 0 Å². The number of benzene rings is 2. The van der Waals surface area contributed by atoms with Gasteiger partial charge in [0.25, 0.3) is 0 Å². The summed E-state index contributed by atoms with van der Waals surface area (Å²) in [6.45, 7) is 2.21. The minimum absolute atomic E-state index is 1.18. The Morgan fingerprint density at radius 1 is 0.640 bits per heavy atom. The van der Waals surface area contributed by atoms with Gasteiger partial charge in [-0.15, -0.1) is 0 Å². The molecule has 0 heteroatoms. The van der Waals surface area contributed by atoms with Crippen LogP contribution in [-0.4, -0.2) is 0 Å². The maximum Gasteiger partial charge on any atom is -0.0152 e. The first-order valence-corrected chi connectivity index (χ1v) is 10.5. The molecule has 25 heavy (non-hydrogen) atoms. The van der Waals surface area contributed by atoms with Crippen LogP contribution >= 0.6 is 0 Å². The van der Waals surface area contributed by atoms with E-state index in [1.54, 1.807) is 0 Å². The summed E-state index contributed by atoms with van der Waals surface area (Å²) in [6, 6.07) is 15.5. The molecule has 0 radical (unpaired) electrons. The fraction of sp³-hybridized carbons (Fsp3) is 0.520. The summed E-state index contributed by atoms with van der Waals surface area (Å²) in [5.74, 6) is 0. The molecule has 0 unspecified atom stereocenters. The van der Waals surface area contributed by atoms with Crippen LogP contribution in [0.3, 0.4) is 0 Å². The highest BCUT2D eigenvalue weighted by atomic mass is 14.1. The molecule has 0 saturated heterocycles. The molecule has 0 spiro atoms. The highest BCUT2D eigenvalue weighted by Crippen LogP contribution is 2.20. The van der Waals surface area contributed by atoms with E-state index >= 15 is 0 Å². The van der Waals surface area contributed by atoms with Gasteiger partial charge < -0.3 is 0 Å². The van der Waals surface area contributed by atoms with Gasteiger partial charge >= 0.3 is 0 Å². The Bertz CT molecular complexity index is 603. The standard InChI is InChI=1S/C25H36/c1-2-3-4-5-6-7-8-9-10-11-12-13-14-18-23-20-17-21-24-19-15-16-22-25(23)24/h3-4,15-17,19-22H,2,5-14,18H2,1H3/b4-3+. The van der Waals surface area contributed by atoms with Gasteiger partial charge in [0.2, 0.25) is 0 Å². The highest BCUT2D eigenvalue weighted by molar-refractivity contribution is 5.85. The van der Waals surface area contributed by atoms with E-state index in [2.05, 4.69) is 61.5 Å². The lowest BCUT2D eigenvalue weighted by Crippen LogP contribution is -1.88. The maximum absolute atomic E-state index is 2.34. The first-order chi connectivity index (χ1) is 12.4. The third-order valence-electron chi connectivity index (χ3n) is 5.10.